The van der Waals surface area contributed by atoms with Crippen molar-refractivity contribution in [2.24, 2.45) is 11.7 Å². The summed E-state index contributed by atoms with van der Waals surface area (Å²) in [5, 5.41) is 2.75. The van der Waals surface area contributed by atoms with Crippen LogP contribution in [-0.4, -0.2) is 19.2 Å². The van der Waals surface area contributed by atoms with E-state index in [4.69, 9.17) is 10.5 Å². The van der Waals surface area contributed by atoms with Gasteiger partial charge in [0.25, 0.3) is 0 Å². The molecule has 1 unspecified atom stereocenters. The molecule has 0 saturated heterocycles. The van der Waals surface area contributed by atoms with Crippen LogP contribution in [0.25, 0.3) is 0 Å². The van der Waals surface area contributed by atoms with Crippen molar-refractivity contribution >= 4 is 6.09 Å². The van der Waals surface area contributed by atoms with Gasteiger partial charge >= 0.3 is 6.09 Å². The molecule has 1 atom stereocenters. The average molecular weight is 236 g/mol. The fourth-order valence-corrected chi connectivity index (χ4v) is 1.39. The minimum atomic E-state index is -0.419. The van der Waals surface area contributed by atoms with Crippen molar-refractivity contribution < 1.29 is 9.53 Å². The Morgan fingerprint density at radius 1 is 1.35 bits per heavy atom. The van der Waals surface area contributed by atoms with Crippen LogP contribution in [0.5, 0.6) is 0 Å². The molecule has 0 fully saturated rings. The molecule has 0 spiro atoms. The van der Waals surface area contributed by atoms with Gasteiger partial charge in [0.2, 0.25) is 0 Å². The summed E-state index contributed by atoms with van der Waals surface area (Å²) < 4.78 is 5.05. The van der Waals surface area contributed by atoms with Gasteiger partial charge in [0.15, 0.2) is 0 Å². The van der Waals surface area contributed by atoms with Crippen LogP contribution in [-0.2, 0) is 4.74 Å². The van der Waals surface area contributed by atoms with Gasteiger partial charge in [0.1, 0.15) is 0 Å². The van der Waals surface area contributed by atoms with E-state index in [1.807, 2.05) is 44.2 Å². The maximum atomic E-state index is 11.5. The summed E-state index contributed by atoms with van der Waals surface area (Å²) in [5.74, 6) is 0.328. The molecule has 0 aromatic heterocycles. The van der Waals surface area contributed by atoms with Gasteiger partial charge < -0.3 is 15.8 Å². The zero-order chi connectivity index (χ0) is 12.7. The molecule has 0 aliphatic carbocycles. The van der Waals surface area contributed by atoms with E-state index in [0.717, 1.165) is 5.56 Å². The second-order valence-corrected chi connectivity index (χ2v) is 4.34. The lowest BCUT2D eigenvalue weighted by molar-refractivity contribution is 0.129. The highest BCUT2D eigenvalue weighted by molar-refractivity contribution is 5.67. The molecule has 1 amide bonds. The molecule has 0 heterocycles. The molecular weight excluding hydrogens is 216 g/mol. The molecule has 0 saturated carbocycles. The van der Waals surface area contributed by atoms with E-state index >= 15 is 0 Å². The number of hydrogen-bond acceptors (Lipinski definition) is 3. The van der Waals surface area contributed by atoms with Crippen molar-refractivity contribution in [2.75, 3.05) is 13.2 Å². The van der Waals surface area contributed by atoms with Crippen molar-refractivity contribution in [3.05, 3.63) is 35.9 Å². The molecule has 0 bridgehead atoms. The number of ether oxygens (including phenoxy) is 1. The second kappa shape index (κ2) is 6.91. The quantitative estimate of drug-likeness (QED) is 0.822. The molecule has 1 aromatic rings. The van der Waals surface area contributed by atoms with Crippen molar-refractivity contribution in [1.82, 2.24) is 5.32 Å². The van der Waals surface area contributed by atoms with Crippen LogP contribution in [0.3, 0.4) is 0 Å². The predicted molar refractivity (Wildman–Crippen MR) is 67.6 cm³/mol. The zero-order valence-electron chi connectivity index (χ0n) is 10.3. The largest absolute Gasteiger partial charge is 0.449 e. The molecule has 94 valence electrons. The Labute approximate surface area is 102 Å². The number of amides is 1. The smallest absolute Gasteiger partial charge is 0.407 e. The Balaban J connectivity index is 2.50. The van der Waals surface area contributed by atoms with Crippen LogP contribution < -0.4 is 11.1 Å². The first kappa shape index (κ1) is 13.5. The van der Waals surface area contributed by atoms with E-state index in [9.17, 15) is 4.79 Å². The van der Waals surface area contributed by atoms with Crippen molar-refractivity contribution in [3.8, 4) is 0 Å². The first-order valence-electron chi connectivity index (χ1n) is 5.81. The van der Waals surface area contributed by atoms with Crippen LogP contribution in [0, 0.1) is 5.92 Å². The number of rotatable bonds is 5. The van der Waals surface area contributed by atoms with Gasteiger partial charge in [-0.2, -0.15) is 0 Å². The van der Waals surface area contributed by atoms with E-state index in [0.29, 0.717) is 19.1 Å². The fraction of sp³-hybridized carbons (Fsp3) is 0.462. The van der Waals surface area contributed by atoms with Crippen LogP contribution in [0.2, 0.25) is 0 Å². The van der Waals surface area contributed by atoms with Crippen LogP contribution in [0.4, 0.5) is 4.79 Å². The lowest BCUT2D eigenvalue weighted by Gasteiger charge is -2.17. The van der Waals surface area contributed by atoms with E-state index in [1.54, 1.807) is 0 Å². The number of carbonyl (C=O) groups excluding carboxylic acids is 1. The summed E-state index contributed by atoms with van der Waals surface area (Å²) in [6.45, 7) is 4.74. The Morgan fingerprint density at radius 2 is 2.00 bits per heavy atom. The molecule has 1 rings (SSSR count). The van der Waals surface area contributed by atoms with Gasteiger partial charge in [-0.3, -0.25) is 0 Å². The normalized spacial score (nSPS) is 12.2. The molecule has 0 radical (unpaired) electrons. The zero-order valence-corrected chi connectivity index (χ0v) is 10.3. The van der Waals surface area contributed by atoms with E-state index in [-0.39, 0.29) is 6.04 Å². The van der Waals surface area contributed by atoms with Crippen molar-refractivity contribution in [3.63, 3.8) is 0 Å². The molecule has 0 aliphatic heterocycles. The molecular formula is C13H20N2O2. The van der Waals surface area contributed by atoms with Crippen LogP contribution in [0.15, 0.2) is 30.3 Å². The SMILES string of the molecule is CC(C)COC(=O)NC(CN)c1ccccc1. The lowest BCUT2D eigenvalue weighted by atomic mass is 10.1. The van der Waals surface area contributed by atoms with E-state index < -0.39 is 6.09 Å². The molecule has 1 aromatic carbocycles. The monoisotopic (exact) mass is 236 g/mol. The first-order chi connectivity index (χ1) is 8.13. The summed E-state index contributed by atoms with van der Waals surface area (Å²) in [7, 11) is 0. The third-order valence-electron chi connectivity index (χ3n) is 2.28. The minimum Gasteiger partial charge on any atom is -0.449 e. The third kappa shape index (κ3) is 4.87. The maximum Gasteiger partial charge on any atom is 0.407 e. The van der Waals surface area contributed by atoms with Gasteiger partial charge in [0, 0.05) is 6.54 Å². The van der Waals surface area contributed by atoms with Crippen LogP contribution in [0.1, 0.15) is 25.5 Å². The predicted octanol–water partition coefficient (Wildman–Crippen LogP) is 2.07. The summed E-state index contributed by atoms with van der Waals surface area (Å²) >= 11 is 0. The summed E-state index contributed by atoms with van der Waals surface area (Å²) in [6, 6.07) is 9.42. The van der Waals surface area contributed by atoms with Gasteiger partial charge in [-0.25, -0.2) is 4.79 Å². The number of hydrogen-bond donors (Lipinski definition) is 2. The molecule has 3 N–H and O–H groups in total. The van der Waals surface area contributed by atoms with Gasteiger partial charge in [0.05, 0.1) is 12.6 Å². The Hall–Kier alpha value is -1.55. The van der Waals surface area contributed by atoms with E-state index in [2.05, 4.69) is 5.32 Å². The average Bonchev–Trinajstić information content (AvgIpc) is 2.34. The van der Waals surface area contributed by atoms with Crippen molar-refractivity contribution in [1.29, 1.82) is 0 Å². The molecule has 0 aliphatic rings. The highest BCUT2D eigenvalue weighted by atomic mass is 16.5. The fourth-order valence-electron chi connectivity index (χ4n) is 1.39. The standard InChI is InChI=1S/C13H20N2O2/c1-10(2)9-17-13(16)15-12(8-14)11-6-4-3-5-7-11/h3-7,10,12H,8-9,14H2,1-2H3,(H,15,16). The minimum absolute atomic E-state index is 0.198. The molecule has 4 nitrogen and oxygen atoms in total. The summed E-state index contributed by atoms with van der Waals surface area (Å²) in [4.78, 5) is 11.5. The Morgan fingerprint density at radius 3 is 2.53 bits per heavy atom. The molecule has 17 heavy (non-hydrogen) atoms. The highest BCUT2D eigenvalue weighted by Crippen LogP contribution is 2.10. The number of carbonyl (C=O) groups is 1. The lowest BCUT2D eigenvalue weighted by Crippen LogP contribution is -2.34. The number of nitrogens with one attached hydrogen (secondary N) is 1. The van der Waals surface area contributed by atoms with Crippen molar-refractivity contribution in [2.45, 2.75) is 19.9 Å². The number of alkyl carbamates (subject to hydrolysis) is 1. The van der Waals surface area contributed by atoms with Gasteiger partial charge in [-0.15, -0.1) is 0 Å². The third-order valence-corrected chi connectivity index (χ3v) is 2.28. The Bertz CT molecular complexity index is 339. The second-order valence-electron chi connectivity index (χ2n) is 4.34. The number of nitrogens with two attached hydrogens (primary N) is 1. The van der Waals surface area contributed by atoms with Crippen LogP contribution >= 0.6 is 0 Å². The first-order valence-corrected chi connectivity index (χ1v) is 5.81. The molecule has 4 heteroatoms. The Kier molecular flexibility index (Phi) is 5.49. The summed E-state index contributed by atoms with van der Waals surface area (Å²) in [6.07, 6.45) is -0.419. The van der Waals surface area contributed by atoms with E-state index in [1.165, 1.54) is 0 Å². The van der Waals surface area contributed by atoms with Gasteiger partial charge in [-0.05, 0) is 11.5 Å². The maximum absolute atomic E-state index is 11.5. The topological polar surface area (TPSA) is 64.3 Å². The number of benzene rings is 1. The highest BCUT2D eigenvalue weighted by Gasteiger charge is 2.13. The van der Waals surface area contributed by atoms with Gasteiger partial charge in [-0.1, -0.05) is 44.2 Å². The summed E-state index contributed by atoms with van der Waals surface area (Å²) in [5.41, 5.74) is 6.62.